The highest BCUT2D eigenvalue weighted by Gasteiger charge is 2.36. The van der Waals surface area contributed by atoms with Crippen LogP contribution in [0.1, 0.15) is 60.4 Å². The number of carbonyl (C=O) groups excluding carboxylic acids is 2. The van der Waals surface area contributed by atoms with Crippen LogP contribution in [-0.2, 0) is 9.53 Å². The Kier molecular flexibility index (Phi) is 7.69. The van der Waals surface area contributed by atoms with Crippen molar-refractivity contribution in [1.82, 2.24) is 20.6 Å². The maximum Gasteiger partial charge on any atom is 0.327 e. The monoisotopic (exact) mass is 531 g/mol. The zero-order valence-corrected chi connectivity index (χ0v) is 21.3. The molecule has 202 valence electrons. The van der Waals surface area contributed by atoms with E-state index in [2.05, 4.69) is 20.6 Å². The number of rotatable bonds is 9. The number of hydrogen-bond acceptors (Lipinski definition) is 10. The molecule has 11 heteroatoms. The molecule has 39 heavy (non-hydrogen) atoms. The average Bonchev–Trinajstić information content (AvgIpc) is 3.62. The molecule has 0 aliphatic heterocycles. The molecule has 1 aromatic carbocycles. The standard InChI is InChI=1S/C28H29N5O6/c1-16(37-28(36)21(29)14-23(34)17-8-4-2-5-9-17)27-31-25(33-39-27)19-12-20(13-19)30-26(35)22-15-24(38-32-22)18-10-6-3-7-11-18/h2-8,10-11,14-17,19-21,34H,9,12-13,29H2,1H3,(H,30,35)/b23-14-/t16-,17+,19?,20?,21?/m1/s1. The molecule has 1 fully saturated rings. The second-order valence-electron chi connectivity index (χ2n) is 9.62. The number of carbonyl (C=O) groups is 2. The van der Waals surface area contributed by atoms with Gasteiger partial charge < -0.3 is 29.9 Å². The second-order valence-corrected chi connectivity index (χ2v) is 9.62. The van der Waals surface area contributed by atoms with Gasteiger partial charge in [-0.15, -0.1) is 0 Å². The fourth-order valence-corrected chi connectivity index (χ4v) is 4.38. The lowest BCUT2D eigenvalue weighted by Gasteiger charge is -2.33. The van der Waals surface area contributed by atoms with Gasteiger partial charge in [-0.25, -0.2) is 4.79 Å². The van der Waals surface area contributed by atoms with Crippen LogP contribution in [0.15, 0.2) is 81.6 Å². The van der Waals surface area contributed by atoms with E-state index in [1.54, 1.807) is 13.0 Å². The van der Waals surface area contributed by atoms with E-state index in [1.807, 2.05) is 54.6 Å². The maximum absolute atomic E-state index is 12.6. The van der Waals surface area contributed by atoms with Crippen molar-refractivity contribution >= 4 is 11.9 Å². The highest BCUT2D eigenvalue weighted by atomic mass is 16.6. The topological polar surface area (TPSA) is 167 Å². The largest absolute Gasteiger partial charge is 0.512 e. The zero-order chi connectivity index (χ0) is 27.4. The summed E-state index contributed by atoms with van der Waals surface area (Å²) < 4.78 is 16.0. The molecule has 2 aliphatic carbocycles. The van der Waals surface area contributed by atoms with Crippen LogP contribution >= 0.6 is 0 Å². The third-order valence-electron chi connectivity index (χ3n) is 6.72. The number of aromatic nitrogens is 3. The van der Waals surface area contributed by atoms with E-state index < -0.39 is 18.1 Å². The van der Waals surface area contributed by atoms with Crippen molar-refractivity contribution in [2.75, 3.05) is 0 Å². The summed E-state index contributed by atoms with van der Waals surface area (Å²) in [4.78, 5) is 29.4. The Balaban J connectivity index is 1.09. The Labute approximate surface area is 224 Å². The molecule has 0 spiro atoms. The average molecular weight is 532 g/mol. The van der Waals surface area contributed by atoms with E-state index in [4.69, 9.17) is 19.5 Å². The summed E-state index contributed by atoms with van der Waals surface area (Å²) in [6.45, 7) is 1.60. The van der Waals surface area contributed by atoms with E-state index in [9.17, 15) is 14.7 Å². The number of amides is 1. The number of nitrogens with zero attached hydrogens (tertiary/aromatic N) is 3. The van der Waals surface area contributed by atoms with Gasteiger partial charge in [-0.05, 0) is 32.3 Å². The Morgan fingerprint density at radius 2 is 1.97 bits per heavy atom. The van der Waals surface area contributed by atoms with Gasteiger partial charge in [-0.3, -0.25) is 4.79 Å². The van der Waals surface area contributed by atoms with Gasteiger partial charge in [0.25, 0.3) is 11.8 Å². The molecule has 1 saturated carbocycles. The SMILES string of the molecule is C[C@@H](OC(=O)C(N)/C=C(\O)[C@H]1C=CC=CC1)c1nc(C2CC(NC(=O)c3cc(-c4ccccc4)on3)C2)no1. The Morgan fingerprint density at radius 3 is 2.72 bits per heavy atom. The maximum atomic E-state index is 12.6. The van der Waals surface area contributed by atoms with Crippen molar-refractivity contribution in [2.45, 2.75) is 50.3 Å². The number of aliphatic hydroxyl groups is 1. The smallest absolute Gasteiger partial charge is 0.327 e. The van der Waals surface area contributed by atoms with Crippen LogP contribution in [0.5, 0.6) is 0 Å². The third-order valence-corrected chi connectivity index (χ3v) is 6.72. The van der Waals surface area contributed by atoms with Gasteiger partial charge in [0.15, 0.2) is 23.4 Å². The minimum Gasteiger partial charge on any atom is -0.512 e. The molecule has 4 N–H and O–H groups in total. The van der Waals surface area contributed by atoms with Crippen LogP contribution in [0.4, 0.5) is 0 Å². The van der Waals surface area contributed by atoms with E-state index in [0.717, 1.165) is 5.56 Å². The van der Waals surface area contributed by atoms with Crippen LogP contribution in [0.3, 0.4) is 0 Å². The molecule has 0 bridgehead atoms. The minimum atomic E-state index is -1.14. The second kappa shape index (κ2) is 11.5. The molecular formula is C28H29N5O6. The number of hydrogen-bond donors (Lipinski definition) is 3. The number of benzene rings is 1. The first-order chi connectivity index (χ1) is 18.9. The van der Waals surface area contributed by atoms with Gasteiger partial charge in [0, 0.05) is 29.5 Å². The molecule has 3 atom stereocenters. The van der Waals surface area contributed by atoms with E-state index >= 15 is 0 Å². The summed E-state index contributed by atoms with van der Waals surface area (Å²) in [6, 6.07) is 9.83. The predicted molar refractivity (Wildman–Crippen MR) is 139 cm³/mol. The van der Waals surface area contributed by atoms with Crippen LogP contribution in [0.25, 0.3) is 11.3 Å². The number of nitrogens with one attached hydrogen (secondary N) is 1. The molecule has 1 amide bonds. The van der Waals surface area contributed by atoms with Gasteiger partial charge in [-0.2, -0.15) is 4.98 Å². The fourth-order valence-electron chi connectivity index (χ4n) is 4.38. The van der Waals surface area contributed by atoms with Crippen molar-refractivity contribution < 1.29 is 28.5 Å². The molecule has 2 aliphatic rings. The van der Waals surface area contributed by atoms with Crippen LogP contribution in [0.2, 0.25) is 0 Å². The Morgan fingerprint density at radius 1 is 1.18 bits per heavy atom. The number of ether oxygens (including phenoxy) is 1. The first kappa shape index (κ1) is 26.1. The van der Waals surface area contributed by atoms with Crippen molar-refractivity contribution in [3.8, 4) is 11.3 Å². The lowest BCUT2D eigenvalue weighted by Crippen LogP contribution is -2.43. The molecule has 0 radical (unpaired) electrons. The first-order valence-electron chi connectivity index (χ1n) is 12.7. The molecule has 5 rings (SSSR count). The molecular weight excluding hydrogens is 502 g/mol. The Hall–Kier alpha value is -4.51. The lowest BCUT2D eigenvalue weighted by atomic mass is 9.79. The third kappa shape index (κ3) is 6.15. The lowest BCUT2D eigenvalue weighted by molar-refractivity contribution is -0.150. The predicted octanol–water partition coefficient (Wildman–Crippen LogP) is 3.91. The highest BCUT2D eigenvalue weighted by Crippen LogP contribution is 2.36. The van der Waals surface area contributed by atoms with E-state index in [1.165, 1.54) is 6.08 Å². The number of allylic oxidation sites excluding steroid dienone is 4. The summed E-state index contributed by atoms with van der Waals surface area (Å²) >= 11 is 0. The van der Waals surface area contributed by atoms with Gasteiger partial charge in [0.05, 0.1) is 5.76 Å². The summed E-state index contributed by atoms with van der Waals surface area (Å²) in [6.07, 6.45) is 9.81. The van der Waals surface area contributed by atoms with Gasteiger partial charge in [-0.1, -0.05) is 64.9 Å². The summed E-state index contributed by atoms with van der Waals surface area (Å²) in [7, 11) is 0. The number of esters is 1. The number of nitrogens with two attached hydrogens (primary N) is 1. The van der Waals surface area contributed by atoms with Crippen molar-refractivity contribution in [2.24, 2.45) is 11.7 Å². The van der Waals surface area contributed by atoms with Gasteiger partial charge in [0.2, 0.25) is 0 Å². The minimum absolute atomic E-state index is 0.00683. The summed E-state index contributed by atoms with van der Waals surface area (Å²) in [5.41, 5.74) is 6.95. The molecule has 11 nitrogen and oxygen atoms in total. The molecule has 2 heterocycles. The molecule has 2 aromatic heterocycles. The first-order valence-corrected chi connectivity index (χ1v) is 12.7. The fraction of sp³-hybridized carbons (Fsp3) is 0.321. The molecule has 0 saturated heterocycles. The van der Waals surface area contributed by atoms with Gasteiger partial charge in [0.1, 0.15) is 6.04 Å². The highest BCUT2D eigenvalue weighted by molar-refractivity contribution is 5.93. The quantitative estimate of drug-likeness (QED) is 0.272. The van der Waals surface area contributed by atoms with Crippen molar-refractivity contribution in [3.05, 3.63) is 89.9 Å². The van der Waals surface area contributed by atoms with E-state index in [-0.39, 0.29) is 41.1 Å². The van der Waals surface area contributed by atoms with Crippen molar-refractivity contribution in [1.29, 1.82) is 0 Å². The normalized spacial score (nSPS) is 22.1. The number of aliphatic hydroxyl groups excluding tert-OH is 1. The molecule has 1 unspecified atom stereocenters. The summed E-state index contributed by atoms with van der Waals surface area (Å²) in [5.74, 6) is -0.109. The molecule has 3 aromatic rings. The van der Waals surface area contributed by atoms with Crippen LogP contribution in [0, 0.1) is 5.92 Å². The summed E-state index contributed by atoms with van der Waals surface area (Å²) in [5, 5.41) is 21.1. The Bertz CT molecular complexity index is 1400. The van der Waals surface area contributed by atoms with Crippen LogP contribution in [-0.4, -0.2) is 44.4 Å². The van der Waals surface area contributed by atoms with Gasteiger partial charge >= 0.3 is 5.97 Å². The zero-order valence-electron chi connectivity index (χ0n) is 21.3. The van der Waals surface area contributed by atoms with Crippen molar-refractivity contribution in [3.63, 3.8) is 0 Å². The van der Waals surface area contributed by atoms with E-state index in [0.29, 0.717) is 30.8 Å². The van der Waals surface area contributed by atoms with Crippen LogP contribution < -0.4 is 11.1 Å².